The van der Waals surface area contributed by atoms with Gasteiger partial charge in [-0.25, -0.2) is 4.98 Å². The minimum atomic E-state index is -2.88. The Bertz CT molecular complexity index is 2840. The molecule has 0 aliphatic carbocycles. The molecule has 0 saturated carbocycles. The van der Waals surface area contributed by atoms with Crippen molar-refractivity contribution in [2.45, 2.75) is 6.55 Å². The number of hydrogen-bond donors (Lipinski definition) is 0. The lowest BCUT2D eigenvalue weighted by Crippen LogP contribution is -2.75. The maximum absolute atomic E-state index is 5.22. The highest BCUT2D eigenvalue weighted by atomic mass is 28.3. The largest absolute Gasteiger partial charge is 0.278 e. The molecule has 262 valence electrons. The van der Waals surface area contributed by atoms with Gasteiger partial charge in [0.2, 0.25) is 5.78 Å². The molecule has 3 nitrogen and oxygen atoms in total. The third-order valence-electron chi connectivity index (χ3n) is 11.7. The third-order valence-corrected chi connectivity index (χ3v) is 20.9. The van der Waals surface area contributed by atoms with Crippen LogP contribution in [0.2, 0.25) is 6.55 Å². The fraction of sp³-hybridized carbons (Fsp3) is 0.0200. The van der Waals surface area contributed by atoms with E-state index in [0.717, 1.165) is 33.5 Å². The summed E-state index contributed by atoms with van der Waals surface area (Å²) in [6, 6.07) is 80.9. The maximum atomic E-state index is 5.22. The number of hydrogen-bond acceptors (Lipinski definition) is 1. The van der Waals surface area contributed by atoms with Gasteiger partial charge in [0.25, 0.3) is 0 Å². The van der Waals surface area contributed by atoms with Crippen LogP contribution in [-0.4, -0.2) is 30.1 Å². The number of benzene rings is 8. The highest BCUT2D eigenvalue weighted by molar-refractivity contribution is 7.20. The van der Waals surface area contributed by atoms with Gasteiger partial charge >= 0.3 is 0 Å². The number of imidazole rings is 2. The summed E-state index contributed by atoms with van der Waals surface area (Å²) in [6.07, 6.45) is 0. The number of nitrogens with zero attached hydrogens (tertiary/aromatic N) is 3. The van der Waals surface area contributed by atoms with Crippen molar-refractivity contribution >= 4 is 80.3 Å². The van der Waals surface area contributed by atoms with Gasteiger partial charge in [0.1, 0.15) is 8.07 Å². The van der Waals surface area contributed by atoms with Crippen LogP contribution in [0.1, 0.15) is 0 Å². The SMILES string of the molecule is C[Si](c1ccccc1)(c1ccccc1)c1ccc([Si](c2ccccc2)(c2ccccc2)c2cccc(-n3c4ccccc4n4c5ccccc5nc34)c2)cc1. The van der Waals surface area contributed by atoms with Crippen molar-refractivity contribution in [2.24, 2.45) is 0 Å². The standard InChI is InChI=1S/C50H39N3Si2/c1-54(39-20-6-2-7-21-39,40-22-8-3-9-23-40)41-33-35-44(36-34-41)55(42-24-10-4-11-25-42,43-26-12-5-13-27-43)45-28-18-19-38(37-45)52-48-31-16-17-32-49(48)53-47-30-15-14-29-46(47)51-50(52)53/h2-37H,1H3. The van der Waals surface area contributed by atoms with E-state index in [9.17, 15) is 0 Å². The van der Waals surface area contributed by atoms with Crippen LogP contribution in [0.15, 0.2) is 218 Å². The molecule has 8 aromatic carbocycles. The lowest BCUT2D eigenvalue weighted by molar-refractivity contribution is 1.11. The molecule has 5 heteroatoms. The summed E-state index contributed by atoms with van der Waals surface area (Å²) in [5, 5.41) is 9.61. The van der Waals surface area contributed by atoms with Gasteiger partial charge in [0.05, 0.1) is 22.1 Å². The maximum Gasteiger partial charge on any atom is 0.220 e. The molecule has 10 rings (SSSR count). The van der Waals surface area contributed by atoms with E-state index in [2.05, 4.69) is 234 Å². The van der Waals surface area contributed by atoms with Crippen LogP contribution in [0.4, 0.5) is 0 Å². The molecule has 0 atom stereocenters. The van der Waals surface area contributed by atoms with Gasteiger partial charge in [-0.1, -0.05) is 189 Å². The molecule has 2 aromatic heterocycles. The second-order valence-electron chi connectivity index (χ2n) is 14.5. The number of para-hydroxylation sites is 4. The molecule has 0 N–H and O–H groups in total. The van der Waals surface area contributed by atoms with Gasteiger partial charge in [-0.3, -0.25) is 8.97 Å². The predicted octanol–water partition coefficient (Wildman–Crippen LogP) is 6.91. The molecule has 0 bridgehead atoms. The van der Waals surface area contributed by atoms with Crippen LogP contribution in [0.5, 0.6) is 0 Å². The number of aromatic nitrogens is 3. The lowest BCUT2D eigenvalue weighted by atomic mass is 10.2. The topological polar surface area (TPSA) is 22.2 Å². The van der Waals surface area contributed by atoms with Crippen molar-refractivity contribution in [3.8, 4) is 5.69 Å². The minimum absolute atomic E-state index is 0.918. The van der Waals surface area contributed by atoms with Crippen LogP contribution >= 0.6 is 0 Å². The molecule has 2 heterocycles. The molecular weight excluding hydrogens is 699 g/mol. The second kappa shape index (κ2) is 13.4. The summed E-state index contributed by atoms with van der Waals surface area (Å²) < 4.78 is 4.64. The molecule has 0 spiro atoms. The van der Waals surface area contributed by atoms with Crippen LogP contribution in [0.25, 0.3) is 33.5 Å². The van der Waals surface area contributed by atoms with Gasteiger partial charge in [-0.15, -0.1) is 0 Å². The molecule has 10 aromatic rings. The zero-order chi connectivity index (χ0) is 36.8. The Labute approximate surface area is 323 Å². The molecular formula is C50H39N3Si2. The van der Waals surface area contributed by atoms with Crippen LogP contribution < -0.4 is 36.3 Å². The zero-order valence-electron chi connectivity index (χ0n) is 30.6. The van der Waals surface area contributed by atoms with E-state index in [-0.39, 0.29) is 0 Å². The first-order valence-electron chi connectivity index (χ1n) is 19.0. The summed E-state index contributed by atoms with van der Waals surface area (Å²) in [7, 11) is -5.18. The van der Waals surface area contributed by atoms with Gasteiger partial charge in [-0.05, 0) is 72.7 Å². The summed E-state index contributed by atoms with van der Waals surface area (Å²) >= 11 is 0. The molecule has 0 unspecified atom stereocenters. The van der Waals surface area contributed by atoms with Gasteiger partial charge in [0.15, 0.2) is 8.07 Å². The van der Waals surface area contributed by atoms with E-state index in [1.807, 2.05) is 0 Å². The minimum Gasteiger partial charge on any atom is -0.278 e. The summed E-state index contributed by atoms with van der Waals surface area (Å²) in [6.45, 7) is 2.50. The summed E-state index contributed by atoms with van der Waals surface area (Å²) in [5.41, 5.74) is 5.49. The molecule has 55 heavy (non-hydrogen) atoms. The Morgan fingerprint density at radius 2 is 0.782 bits per heavy atom. The van der Waals surface area contributed by atoms with E-state index >= 15 is 0 Å². The first-order chi connectivity index (χ1) is 27.2. The van der Waals surface area contributed by atoms with Gasteiger partial charge < -0.3 is 0 Å². The second-order valence-corrected chi connectivity index (χ2v) is 22.3. The highest BCUT2D eigenvalue weighted by Crippen LogP contribution is 2.29. The number of fused-ring (bicyclic) bond motifs is 5. The van der Waals surface area contributed by atoms with Gasteiger partial charge in [-0.2, -0.15) is 0 Å². The Kier molecular flexibility index (Phi) is 8.05. The Morgan fingerprint density at radius 1 is 0.364 bits per heavy atom. The first kappa shape index (κ1) is 33.1. The first-order valence-corrected chi connectivity index (χ1v) is 23.5. The average Bonchev–Trinajstić information content (AvgIpc) is 3.80. The van der Waals surface area contributed by atoms with Crippen molar-refractivity contribution in [1.29, 1.82) is 0 Å². The Morgan fingerprint density at radius 3 is 1.36 bits per heavy atom. The zero-order valence-corrected chi connectivity index (χ0v) is 32.6. The van der Waals surface area contributed by atoms with Crippen LogP contribution in [0.3, 0.4) is 0 Å². The molecule has 0 aliphatic rings. The van der Waals surface area contributed by atoms with Crippen molar-refractivity contribution in [3.05, 3.63) is 218 Å². The highest BCUT2D eigenvalue weighted by Gasteiger charge is 2.42. The predicted molar refractivity (Wildman–Crippen MR) is 237 cm³/mol. The fourth-order valence-corrected chi connectivity index (χ4v) is 17.3. The Hall–Kier alpha value is -6.54. The normalized spacial score (nSPS) is 12.1. The van der Waals surface area contributed by atoms with Crippen LogP contribution in [-0.2, 0) is 0 Å². The molecule has 0 radical (unpaired) electrons. The summed E-state index contributed by atoms with van der Waals surface area (Å²) in [4.78, 5) is 5.22. The van der Waals surface area contributed by atoms with Gasteiger partial charge in [0, 0.05) is 5.69 Å². The monoisotopic (exact) mass is 737 g/mol. The quantitative estimate of drug-likeness (QED) is 0.123. The smallest absolute Gasteiger partial charge is 0.220 e. The van der Waals surface area contributed by atoms with E-state index in [4.69, 9.17) is 4.98 Å². The Balaban J connectivity index is 1.23. The van der Waals surface area contributed by atoms with Crippen molar-refractivity contribution in [3.63, 3.8) is 0 Å². The lowest BCUT2D eigenvalue weighted by Gasteiger charge is -2.35. The van der Waals surface area contributed by atoms with E-state index in [0.29, 0.717) is 0 Å². The molecule has 0 amide bonds. The molecule has 0 saturated heterocycles. The number of rotatable bonds is 8. The van der Waals surface area contributed by atoms with Crippen molar-refractivity contribution in [1.82, 2.24) is 14.0 Å². The summed E-state index contributed by atoms with van der Waals surface area (Å²) in [5.74, 6) is 0.918. The van der Waals surface area contributed by atoms with Crippen molar-refractivity contribution < 1.29 is 0 Å². The van der Waals surface area contributed by atoms with E-state index < -0.39 is 16.1 Å². The van der Waals surface area contributed by atoms with Crippen molar-refractivity contribution in [2.75, 3.05) is 0 Å². The molecule has 0 fully saturated rings. The van der Waals surface area contributed by atoms with Crippen LogP contribution in [0, 0.1) is 0 Å². The van der Waals surface area contributed by atoms with E-state index in [1.165, 1.54) is 36.3 Å². The molecule has 0 aliphatic heterocycles. The average molecular weight is 738 g/mol. The fourth-order valence-electron chi connectivity index (χ4n) is 8.96. The third kappa shape index (κ3) is 5.19. The van der Waals surface area contributed by atoms with E-state index in [1.54, 1.807) is 0 Å².